The van der Waals surface area contributed by atoms with Gasteiger partial charge in [0.2, 0.25) is 0 Å². The summed E-state index contributed by atoms with van der Waals surface area (Å²) in [4.78, 5) is 6.50. The van der Waals surface area contributed by atoms with Gasteiger partial charge in [0, 0.05) is 23.5 Å². The van der Waals surface area contributed by atoms with Crippen LogP contribution in [0, 0.1) is 6.92 Å². The van der Waals surface area contributed by atoms with Crippen LogP contribution in [0.4, 0.5) is 5.69 Å². The van der Waals surface area contributed by atoms with E-state index in [4.69, 9.17) is 5.73 Å². The minimum Gasteiger partial charge on any atom is -0.369 e. The van der Waals surface area contributed by atoms with E-state index in [0.717, 1.165) is 11.3 Å². The third-order valence-electron chi connectivity index (χ3n) is 3.83. The minimum absolute atomic E-state index is 0.125. The molecule has 2 N–H and O–H groups in total. The Bertz CT molecular complexity index is 654. The summed E-state index contributed by atoms with van der Waals surface area (Å²) in [6.07, 6.45) is 4.00. The molecule has 1 atom stereocenters. The third kappa shape index (κ3) is 2.51. The molecule has 0 fully saturated rings. The van der Waals surface area contributed by atoms with E-state index in [1.165, 1.54) is 5.56 Å². The van der Waals surface area contributed by atoms with E-state index >= 15 is 0 Å². The Morgan fingerprint density at radius 2 is 1.95 bits per heavy atom. The van der Waals surface area contributed by atoms with Crippen molar-refractivity contribution >= 4 is 11.6 Å². The average molecular weight is 283 g/mol. The molecule has 0 bridgehead atoms. The smallest absolute Gasteiger partial charge is 0.196 e. The maximum absolute atomic E-state index is 6.09. The number of aliphatic imine (C=N–C) groups is 1. The molecule has 1 aliphatic rings. The van der Waals surface area contributed by atoms with Crippen molar-refractivity contribution in [1.29, 1.82) is 0 Å². The topological polar surface area (TPSA) is 59.4 Å². The number of aromatic nitrogens is 2. The summed E-state index contributed by atoms with van der Waals surface area (Å²) < 4.78 is 1.97. The summed E-state index contributed by atoms with van der Waals surface area (Å²) >= 11 is 0. The zero-order chi connectivity index (χ0) is 15.0. The molecule has 2 aromatic rings. The van der Waals surface area contributed by atoms with Gasteiger partial charge in [-0.1, -0.05) is 17.7 Å². The highest BCUT2D eigenvalue weighted by Crippen LogP contribution is 2.31. The van der Waals surface area contributed by atoms with E-state index < -0.39 is 0 Å². The molecule has 3 rings (SSSR count). The fourth-order valence-corrected chi connectivity index (χ4v) is 2.58. The standard InChI is InChI=1S/C16H21N5/c1-11(2)20-10-13(8-19-20)15-9-18-16(17)21(15)14-6-4-12(3)5-7-14/h4-8,10-11,15H,9H2,1-3H3,(H2,17,18). The molecule has 0 radical (unpaired) electrons. The quantitative estimate of drug-likeness (QED) is 0.942. The van der Waals surface area contributed by atoms with Crippen molar-refractivity contribution in [2.45, 2.75) is 32.9 Å². The van der Waals surface area contributed by atoms with Crippen LogP contribution in [0.2, 0.25) is 0 Å². The summed E-state index contributed by atoms with van der Waals surface area (Å²) in [5.41, 5.74) is 9.54. The summed E-state index contributed by atoms with van der Waals surface area (Å²) in [5, 5.41) is 4.43. The Morgan fingerprint density at radius 1 is 1.24 bits per heavy atom. The van der Waals surface area contributed by atoms with Crippen LogP contribution in [0.15, 0.2) is 41.7 Å². The number of guanidine groups is 1. The summed E-state index contributed by atoms with van der Waals surface area (Å²) in [6.45, 7) is 6.99. The van der Waals surface area contributed by atoms with E-state index in [-0.39, 0.29) is 6.04 Å². The van der Waals surface area contributed by atoms with Crippen LogP contribution in [0.25, 0.3) is 0 Å². The van der Waals surface area contributed by atoms with Crippen molar-refractivity contribution in [3.05, 3.63) is 47.8 Å². The molecule has 1 aromatic heterocycles. The van der Waals surface area contributed by atoms with E-state index in [9.17, 15) is 0 Å². The first-order valence-electron chi connectivity index (χ1n) is 7.26. The Hall–Kier alpha value is -2.30. The highest BCUT2D eigenvalue weighted by Gasteiger charge is 2.29. The first-order valence-corrected chi connectivity index (χ1v) is 7.26. The van der Waals surface area contributed by atoms with Crippen LogP contribution in [-0.4, -0.2) is 22.3 Å². The second-order valence-corrected chi connectivity index (χ2v) is 5.77. The van der Waals surface area contributed by atoms with Crippen LogP contribution in [0.1, 0.15) is 37.1 Å². The van der Waals surface area contributed by atoms with E-state index in [2.05, 4.69) is 66.2 Å². The average Bonchev–Trinajstić information content (AvgIpc) is 3.06. The Balaban J connectivity index is 1.92. The van der Waals surface area contributed by atoms with Gasteiger partial charge >= 0.3 is 0 Å². The fourth-order valence-electron chi connectivity index (χ4n) is 2.58. The number of hydrogen-bond donors (Lipinski definition) is 1. The lowest BCUT2D eigenvalue weighted by Gasteiger charge is -2.25. The summed E-state index contributed by atoms with van der Waals surface area (Å²) in [6, 6.07) is 8.84. The zero-order valence-corrected chi connectivity index (χ0v) is 12.7. The molecule has 0 aliphatic carbocycles. The lowest BCUT2D eigenvalue weighted by molar-refractivity contribution is 0.531. The van der Waals surface area contributed by atoms with Crippen molar-refractivity contribution in [2.24, 2.45) is 10.7 Å². The fraction of sp³-hybridized carbons (Fsp3) is 0.375. The number of nitrogens with zero attached hydrogens (tertiary/aromatic N) is 4. The van der Waals surface area contributed by atoms with Gasteiger partial charge < -0.3 is 10.6 Å². The highest BCUT2D eigenvalue weighted by molar-refractivity contribution is 5.97. The molecular formula is C16H21N5. The van der Waals surface area contributed by atoms with E-state index in [1.807, 2.05) is 10.9 Å². The molecule has 0 saturated carbocycles. The second-order valence-electron chi connectivity index (χ2n) is 5.77. The van der Waals surface area contributed by atoms with Gasteiger partial charge in [-0.25, -0.2) is 0 Å². The van der Waals surface area contributed by atoms with Crippen LogP contribution in [0.5, 0.6) is 0 Å². The van der Waals surface area contributed by atoms with Gasteiger partial charge in [-0.05, 0) is 32.9 Å². The van der Waals surface area contributed by atoms with Crippen molar-refractivity contribution in [1.82, 2.24) is 9.78 Å². The lowest BCUT2D eigenvalue weighted by atomic mass is 10.1. The molecule has 1 aliphatic heterocycles. The number of nitrogens with two attached hydrogens (primary N) is 1. The lowest BCUT2D eigenvalue weighted by Crippen LogP contribution is -2.36. The van der Waals surface area contributed by atoms with Crippen LogP contribution >= 0.6 is 0 Å². The van der Waals surface area contributed by atoms with Gasteiger partial charge in [-0.15, -0.1) is 0 Å². The molecule has 0 saturated heterocycles. The molecular weight excluding hydrogens is 262 g/mol. The van der Waals surface area contributed by atoms with Crippen molar-refractivity contribution in [3.8, 4) is 0 Å². The van der Waals surface area contributed by atoms with Crippen molar-refractivity contribution in [2.75, 3.05) is 11.4 Å². The van der Waals surface area contributed by atoms with Gasteiger partial charge in [0.1, 0.15) is 0 Å². The molecule has 0 spiro atoms. The zero-order valence-electron chi connectivity index (χ0n) is 12.7. The number of aryl methyl sites for hydroxylation is 1. The van der Waals surface area contributed by atoms with Gasteiger partial charge in [0.05, 0.1) is 18.8 Å². The largest absolute Gasteiger partial charge is 0.369 e. The maximum atomic E-state index is 6.09. The van der Waals surface area contributed by atoms with Crippen LogP contribution < -0.4 is 10.6 Å². The molecule has 2 heterocycles. The van der Waals surface area contributed by atoms with Crippen LogP contribution in [0.3, 0.4) is 0 Å². The Morgan fingerprint density at radius 3 is 2.57 bits per heavy atom. The first kappa shape index (κ1) is 13.7. The molecule has 1 unspecified atom stereocenters. The normalized spacial score (nSPS) is 18.4. The van der Waals surface area contributed by atoms with Gasteiger partial charge in [0.25, 0.3) is 0 Å². The number of hydrogen-bond acceptors (Lipinski definition) is 4. The number of rotatable bonds is 3. The molecule has 5 heteroatoms. The van der Waals surface area contributed by atoms with E-state index in [0.29, 0.717) is 18.5 Å². The van der Waals surface area contributed by atoms with Gasteiger partial charge in [0.15, 0.2) is 5.96 Å². The van der Waals surface area contributed by atoms with Crippen molar-refractivity contribution < 1.29 is 0 Å². The predicted octanol–water partition coefficient (Wildman–Crippen LogP) is 2.65. The third-order valence-corrected chi connectivity index (χ3v) is 3.83. The predicted molar refractivity (Wildman–Crippen MR) is 85.5 cm³/mol. The summed E-state index contributed by atoms with van der Waals surface area (Å²) in [5.74, 6) is 0.571. The Kier molecular flexibility index (Phi) is 3.41. The second kappa shape index (κ2) is 5.24. The molecule has 0 amide bonds. The first-order chi connectivity index (χ1) is 10.1. The molecule has 5 nitrogen and oxygen atoms in total. The van der Waals surface area contributed by atoms with Gasteiger partial charge in [-0.3, -0.25) is 9.67 Å². The maximum Gasteiger partial charge on any atom is 0.196 e. The molecule has 110 valence electrons. The van der Waals surface area contributed by atoms with Crippen LogP contribution in [-0.2, 0) is 0 Å². The Labute approximate surface area is 125 Å². The minimum atomic E-state index is 0.125. The van der Waals surface area contributed by atoms with Gasteiger partial charge in [-0.2, -0.15) is 5.10 Å². The molecule has 1 aromatic carbocycles. The highest BCUT2D eigenvalue weighted by atomic mass is 15.3. The SMILES string of the molecule is Cc1ccc(N2C(N)=NCC2c2cnn(C(C)C)c2)cc1. The van der Waals surface area contributed by atoms with Crippen molar-refractivity contribution in [3.63, 3.8) is 0 Å². The number of anilines is 1. The summed E-state index contributed by atoms with van der Waals surface area (Å²) in [7, 11) is 0. The van der Waals surface area contributed by atoms with E-state index in [1.54, 1.807) is 0 Å². The number of benzene rings is 1. The molecule has 21 heavy (non-hydrogen) atoms. The monoisotopic (exact) mass is 283 g/mol.